The van der Waals surface area contributed by atoms with Crippen molar-refractivity contribution in [3.05, 3.63) is 0 Å². The number of rotatable bonds is 6. The summed E-state index contributed by atoms with van der Waals surface area (Å²) in [6.45, 7) is 6.50. The molecule has 4 nitrogen and oxygen atoms in total. The van der Waals surface area contributed by atoms with E-state index in [1.54, 1.807) is 0 Å². The molecule has 1 aliphatic rings. The maximum Gasteiger partial charge on any atom is 0.306 e. The van der Waals surface area contributed by atoms with Gasteiger partial charge in [-0.3, -0.25) is 4.79 Å². The molecule has 1 heterocycles. The van der Waals surface area contributed by atoms with Crippen molar-refractivity contribution < 1.29 is 14.3 Å². The van der Waals surface area contributed by atoms with Crippen LogP contribution in [0.3, 0.4) is 0 Å². The quantitative estimate of drug-likeness (QED) is 0.553. The number of esters is 1. The third-order valence-corrected chi connectivity index (χ3v) is 2.58. The van der Waals surface area contributed by atoms with Crippen molar-refractivity contribution in [2.45, 2.75) is 51.7 Å². The molecule has 1 saturated heterocycles. The molecule has 0 radical (unpaired) electrons. The van der Waals surface area contributed by atoms with Gasteiger partial charge in [0.2, 0.25) is 0 Å². The number of hydrogen-bond donors (Lipinski definition) is 1. The van der Waals surface area contributed by atoms with Gasteiger partial charge in [0, 0.05) is 25.3 Å². The van der Waals surface area contributed by atoms with E-state index >= 15 is 0 Å². The first-order chi connectivity index (χ1) is 7.68. The molecule has 1 fully saturated rings. The molecule has 0 aromatic heterocycles. The summed E-state index contributed by atoms with van der Waals surface area (Å²) in [5, 5.41) is 3.28. The summed E-state index contributed by atoms with van der Waals surface area (Å²) >= 11 is 0. The second-order valence-corrected chi connectivity index (χ2v) is 4.51. The van der Waals surface area contributed by atoms with E-state index in [2.05, 4.69) is 19.2 Å². The SMILES string of the molecule is CC(C)NCCCC(=O)OC1CCOCC1. The Morgan fingerprint density at radius 2 is 2.12 bits per heavy atom. The maximum absolute atomic E-state index is 11.5. The number of hydrogen-bond acceptors (Lipinski definition) is 4. The van der Waals surface area contributed by atoms with Crippen molar-refractivity contribution in [2.24, 2.45) is 0 Å². The Labute approximate surface area is 97.7 Å². The molecule has 0 aromatic rings. The summed E-state index contributed by atoms with van der Waals surface area (Å²) in [7, 11) is 0. The van der Waals surface area contributed by atoms with E-state index in [9.17, 15) is 4.79 Å². The van der Waals surface area contributed by atoms with Crippen LogP contribution < -0.4 is 5.32 Å². The zero-order valence-electron chi connectivity index (χ0n) is 10.3. The minimum atomic E-state index is -0.0718. The van der Waals surface area contributed by atoms with Crippen LogP contribution in [0.2, 0.25) is 0 Å². The number of ether oxygens (including phenoxy) is 2. The Morgan fingerprint density at radius 1 is 1.44 bits per heavy atom. The zero-order chi connectivity index (χ0) is 11.8. The Hall–Kier alpha value is -0.610. The van der Waals surface area contributed by atoms with Gasteiger partial charge < -0.3 is 14.8 Å². The minimum Gasteiger partial charge on any atom is -0.462 e. The number of nitrogens with one attached hydrogen (secondary N) is 1. The second kappa shape index (κ2) is 7.63. The molecule has 1 rings (SSSR count). The normalized spacial score (nSPS) is 17.7. The molecule has 94 valence electrons. The zero-order valence-corrected chi connectivity index (χ0v) is 10.3. The summed E-state index contributed by atoms with van der Waals surface area (Å²) in [5.74, 6) is -0.0718. The molecule has 0 saturated carbocycles. The lowest BCUT2D eigenvalue weighted by atomic mass is 10.1. The van der Waals surface area contributed by atoms with E-state index in [4.69, 9.17) is 9.47 Å². The Morgan fingerprint density at radius 3 is 2.75 bits per heavy atom. The van der Waals surface area contributed by atoms with Crippen molar-refractivity contribution in [3.8, 4) is 0 Å². The second-order valence-electron chi connectivity index (χ2n) is 4.51. The van der Waals surface area contributed by atoms with Crippen LogP contribution in [0, 0.1) is 0 Å². The average molecular weight is 229 g/mol. The highest BCUT2D eigenvalue weighted by Gasteiger charge is 2.17. The monoisotopic (exact) mass is 229 g/mol. The number of carbonyl (C=O) groups excluding carboxylic acids is 1. The van der Waals surface area contributed by atoms with E-state index in [-0.39, 0.29) is 12.1 Å². The van der Waals surface area contributed by atoms with Gasteiger partial charge in [-0.1, -0.05) is 13.8 Å². The van der Waals surface area contributed by atoms with Crippen LogP contribution in [0.15, 0.2) is 0 Å². The summed E-state index contributed by atoms with van der Waals surface area (Å²) in [6, 6.07) is 0.478. The van der Waals surface area contributed by atoms with Gasteiger partial charge in [0.15, 0.2) is 0 Å². The van der Waals surface area contributed by atoms with E-state index in [1.165, 1.54) is 0 Å². The first-order valence-corrected chi connectivity index (χ1v) is 6.19. The minimum absolute atomic E-state index is 0.0718. The highest BCUT2D eigenvalue weighted by molar-refractivity contribution is 5.69. The van der Waals surface area contributed by atoms with Gasteiger partial charge in [0.05, 0.1) is 13.2 Å². The highest BCUT2D eigenvalue weighted by Crippen LogP contribution is 2.11. The van der Waals surface area contributed by atoms with Crippen LogP contribution >= 0.6 is 0 Å². The fraction of sp³-hybridized carbons (Fsp3) is 0.917. The van der Waals surface area contributed by atoms with Gasteiger partial charge in [0.25, 0.3) is 0 Å². The summed E-state index contributed by atoms with van der Waals surface area (Å²) in [6.07, 6.45) is 3.13. The third kappa shape index (κ3) is 6.08. The Kier molecular flexibility index (Phi) is 6.42. The fourth-order valence-corrected chi connectivity index (χ4v) is 1.66. The van der Waals surface area contributed by atoms with Crippen molar-refractivity contribution in [2.75, 3.05) is 19.8 Å². The molecule has 0 bridgehead atoms. The summed E-state index contributed by atoms with van der Waals surface area (Å²) in [4.78, 5) is 11.5. The molecule has 1 N–H and O–H groups in total. The van der Waals surface area contributed by atoms with Crippen molar-refractivity contribution in [1.29, 1.82) is 0 Å². The van der Waals surface area contributed by atoms with Crippen LogP contribution in [0.25, 0.3) is 0 Å². The van der Waals surface area contributed by atoms with Gasteiger partial charge in [-0.2, -0.15) is 0 Å². The van der Waals surface area contributed by atoms with Gasteiger partial charge in [-0.15, -0.1) is 0 Å². The van der Waals surface area contributed by atoms with Crippen LogP contribution in [0.1, 0.15) is 39.5 Å². The van der Waals surface area contributed by atoms with Crippen molar-refractivity contribution >= 4 is 5.97 Å². The van der Waals surface area contributed by atoms with E-state index in [0.717, 1.165) is 25.8 Å². The standard InChI is InChI=1S/C12H23NO3/c1-10(2)13-7-3-4-12(14)16-11-5-8-15-9-6-11/h10-11,13H,3-9H2,1-2H3. The number of carbonyl (C=O) groups is 1. The summed E-state index contributed by atoms with van der Waals surface area (Å²) < 4.78 is 10.6. The predicted octanol–water partition coefficient (Wildman–Crippen LogP) is 1.49. The van der Waals surface area contributed by atoms with Gasteiger partial charge in [0.1, 0.15) is 6.10 Å². The molecule has 1 aliphatic heterocycles. The molecule has 0 aliphatic carbocycles. The van der Waals surface area contributed by atoms with Crippen LogP contribution in [-0.4, -0.2) is 37.9 Å². The van der Waals surface area contributed by atoms with E-state index < -0.39 is 0 Å². The molecule has 0 unspecified atom stereocenters. The first kappa shape index (κ1) is 13.5. The van der Waals surface area contributed by atoms with Gasteiger partial charge >= 0.3 is 5.97 Å². The van der Waals surface area contributed by atoms with Crippen molar-refractivity contribution in [1.82, 2.24) is 5.32 Å². The maximum atomic E-state index is 11.5. The lowest BCUT2D eigenvalue weighted by Gasteiger charge is -2.22. The van der Waals surface area contributed by atoms with E-state index in [1.807, 2.05) is 0 Å². The topological polar surface area (TPSA) is 47.6 Å². The first-order valence-electron chi connectivity index (χ1n) is 6.19. The molecule has 0 atom stereocenters. The van der Waals surface area contributed by atoms with Crippen LogP contribution in [-0.2, 0) is 14.3 Å². The van der Waals surface area contributed by atoms with E-state index in [0.29, 0.717) is 25.7 Å². The fourth-order valence-electron chi connectivity index (χ4n) is 1.66. The average Bonchev–Trinajstić information content (AvgIpc) is 2.25. The van der Waals surface area contributed by atoms with Crippen LogP contribution in [0.4, 0.5) is 0 Å². The predicted molar refractivity (Wildman–Crippen MR) is 62.3 cm³/mol. The Balaban J connectivity index is 2.01. The Bertz CT molecular complexity index is 200. The smallest absolute Gasteiger partial charge is 0.306 e. The molecule has 0 amide bonds. The molecule has 16 heavy (non-hydrogen) atoms. The lowest BCUT2D eigenvalue weighted by molar-refractivity contribution is -0.153. The van der Waals surface area contributed by atoms with Crippen molar-refractivity contribution in [3.63, 3.8) is 0 Å². The highest BCUT2D eigenvalue weighted by atomic mass is 16.5. The third-order valence-electron chi connectivity index (χ3n) is 2.58. The molecule has 0 aromatic carbocycles. The molecular formula is C12H23NO3. The van der Waals surface area contributed by atoms with Gasteiger partial charge in [-0.05, 0) is 13.0 Å². The van der Waals surface area contributed by atoms with Crippen LogP contribution in [0.5, 0.6) is 0 Å². The lowest BCUT2D eigenvalue weighted by Crippen LogP contribution is -2.27. The van der Waals surface area contributed by atoms with Gasteiger partial charge in [-0.25, -0.2) is 0 Å². The molecule has 4 heteroatoms. The molecular weight excluding hydrogens is 206 g/mol. The summed E-state index contributed by atoms with van der Waals surface area (Å²) in [5.41, 5.74) is 0. The largest absolute Gasteiger partial charge is 0.462 e. The molecule has 0 spiro atoms.